The Hall–Kier alpha value is -3.42. The molecule has 2 aliphatic heterocycles. The molecule has 0 saturated carbocycles. The Morgan fingerprint density at radius 2 is 2.22 bits per heavy atom. The molecule has 3 aromatic rings. The van der Waals surface area contributed by atoms with Crippen molar-refractivity contribution in [2.45, 2.75) is 19.4 Å². The molecule has 3 aromatic heterocycles. The number of hydrogen-bond donors (Lipinski definition) is 2. The molecule has 2 aliphatic rings. The van der Waals surface area contributed by atoms with Crippen molar-refractivity contribution in [2.75, 3.05) is 28.2 Å². The van der Waals surface area contributed by atoms with E-state index < -0.39 is 0 Å². The zero-order chi connectivity index (χ0) is 18.4. The van der Waals surface area contributed by atoms with Crippen LogP contribution in [0.5, 0.6) is 0 Å². The van der Waals surface area contributed by atoms with Gasteiger partial charge in [-0.3, -0.25) is 15.0 Å². The average molecular weight is 361 g/mol. The van der Waals surface area contributed by atoms with E-state index in [9.17, 15) is 4.79 Å². The standard InChI is InChI=1S/C19H19N7O/c1-12-15(10-21-24-12)16-4-5-17-18(23-16)26(14-6-8-25(17)11-14)19(27)22-13-3-2-7-20-9-13/h2-5,7,9-10,14H,6,8,11H2,1H3,(H,21,24)(H,22,27)/t14-/m0/s1. The highest BCUT2D eigenvalue weighted by atomic mass is 16.2. The summed E-state index contributed by atoms with van der Waals surface area (Å²) in [5, 5.41) is 9.98. The fraction of sp³-hybridized carbons (Fsp3) is 0.263. The van der Waals surface area contributed by atoms with Gasteiger partial charge in [0, 0.05) is 30.5 Å². The monoisotopic (exact) mass is 361 g/mol. The summed E-state index contributed by atoms with van der Waals surface area (Å²) in [7, 11) is 0. The summed E-state index contributed by atoms with van der Waals surface area (Å²) in [5.74, 6) is 0.697. The molecule has 5 heterocycles. The van der Waals surface area contributed by atoms with Crippen LogP contribution in [0.2, 0.25) is 0 Å². The minimum Gasteiger partial charge on any atom is -0.366 e. The third-order valence-electron chi connectivity index (χ3n) is 5.19. The average Bonchev–Trinajstić information content (AvgIpc) is 3.29. The maximum absolute atomic E-state index is 13.1. The van der Waals surface area contributed by atoms with Gasteiger partial charge in [0.2, 0.25) is 0 Å². The van der Waals surface area contributed by atoms with E-state index in [1.165, 1.54) is 0 Å². The van der Waals surface area contributed by atoms with Crippen LogP contribution in [0.15, 0.2) is 42.9 Å². The van der Waals surface area contributed by atoms with Crippen LogP contribution in [0.3, 0.4) is 0 Å². The van der Waals surface area contributed by atoms with Crippen molar-refractivity contribution in [2.24, 2.45) is 0 Å². The lowest BCUT2D eigenvalue weighted by Gasteiger charge is -2.35. The number of urea groups is 1. The lowest BCUT2D eigenvalue weighted by atomic mass is 10.1. The summed E-state index contributed by atoms with van der Waals surface area (Å²) in [6.07, 6.45) is 6.02. The van der Waals surface area contributed by atoms with Crippen LogP contribution in [-0.4, -0.2) is 45.3 Å². The zero-order valence-corrected chi connectivity index (χ0v) is 14.9. The van der Waals surface area contributed by atoms with Crippen molar-refractivity contribution >= 4 is 23.2 Å². The highest BCUT2D eigenvalue weighted by Gasteiger charge is 2.40. The van der Waals surface area contributed by atoms with Crippen molar-refractivity contribution in [3.8, 4) is 11.3 Å². The predicted molar refractivity (Wildman–Crippen MR) is 103 cm³/mol. The number of rotatable bonds is 2. The third kappa shape index (κ3) is 2.61. The number of carbonyl (C=O) groups is 1. The van der Waals surface area contributed by atoms with Crippen LogP contribution in [-0.2, 0) is 0 Å². The van der Waals surface area contributed by atoms with Crippen molar-refractivity contribution < 1.29 is 4.79 Å². The van der Waals surface area contributed by atoms with E-state index in [1.54, 1.807) is 29.6 Å². The van der Waals surface area contributed by atoms with Gasteiger partial charge in [-0.05, 0) is 37.6 Å². The van der Waals surface area contributed by atoms with Gasteiger partial charge in [-0.15, -0.1) is 0 Å². The second-order valence-corrected chi connectivity index (χ2v) is 6.88. The van der Waals surface area contributed by atoms with Gasteiger partial charge in [0.15, 0.2) is 5.82 Å². The SMILES string of the molecule is Cc1[nH]ncc1-c1ccc2c(n1)N(C(=O)Nc1cccnc1)[C@H]1CCN2C1. The quantitative estimate of drug-likeness (QED) is 0.732. The van der Waals surface area contributed by atoms with Crippen LogP contribution >= 0.6 is 0 Å². The number of amides is 2. The number of fused-ring (bicyclic) bond motifs is 4. The Balaban J connectivity index is 1.55. The van der Waals surface area contributed by atoms with E-state index in [1.807, 2.05) is 19.1 Å². The van der Waals surface area contributed by atoms with Crippen molar-refractivity contribution in [3.63, 3.8) is 0 Å². The molecule has 136 valence electrons. The second-order valence-electron chi connectivity index (χ2n) is 6.88. The molecule has 0 radical (unpaired) electrons. The molecule has 2 N–H and O–H groups in total. The fourth-order valence-electron chi connectivity index (χ4n) is 3.85. The van der Waals surface area contributed by atoms with E-state index in [0.717, 1.165) is 42.1 Å². The molecule has 5 rings (SSSR count). The smallest absolute Gasteiger partial charge is 0.327 e. The predicted octanol–water partition coefficient (Wildman–Crippen LogP) is 2.81. The van der Waals surface area contributed by atoms with Gasteiger partial charge >= 0.3 is 6.03 Å². The number of aryl methyl sites for hydroxylation is 1. The molecule has 2 bridgehead atoms. The summed E-state index contributed by atoms with van der Waals surface area (Å²) in [6.45, 7) is 3.73. The first kappa shape index (κ1) is 15.8. The Morgan fingerprint density at radius 3 is 3.00 bits per heavy atom. The summed E-state index contributed by atoms with van der Waals surface area (Å²) >= 11 is 0. The van der Waals surface area contributed by atoms with Crippen LogP contribution < -0.4 is 15.1 Å². The van der Waals surface area contributed by atoms with Gasteiger partial charge in [-0.2, -0.15) is 5.10 Å². The van der Waals surface area contributed by atoms with Crippen molar-refractivity contribution in [1.29, 1.82) is 0 Å². The molecule has 8 heteroatoms. The van der Waals surface area contributed by atoms with Gasteiger partial charge < -0.3 is 10.2 Å². The number of nitrogens with zero attached hydrogens (tertiary/aromatic N) is 5. The Bertz CT molecular complexity index is 1000. The number of H-pyrrole nitrogens is 1. The molecule has 0 aromatic carbocycles. The molecular weight excluding hydrogens is 342 g/mol. The summed E-state index contributed by atoms with van der Waals surface area (Å²) in [5.41, 5.74) is 4.37. The zero-order valence-electron chi connectivity index (χ0n) is 14.9. The fourth-order valence-corrected chi connectivity index (χ4v) is 3.85. The van der Waals surface area contributed by atoms with E-state index >= 15 is 0 Å². The summed E-state index contributed by atoms with van der Waals surface area (Å²) in [4.78, 5) is 26.1. The van der Waals surface area contributed by atoms with Crippen molar-refractivity contribution in [3.05, 3.63) is 48.5 Å². The molecule has 0 unspecified atom stereocenters. The molecule has 27 heavy (non-hydrogen) atoms. The first-order chi connectivity index (χ1) is 13.2. The number of carbonyl (C=O) groups excluding carboxylic acids is 1. The molecule has 1 atom stereocenters. The highest BCUT2D eigenvalue weighted by Crippen LogP contribution is 2.40. The lowest BCUT2D eigenvalue weighted by molar-refractivity contribution is 0.255. The Kier molecular flexibility index (Phi) is 3.56. The van der Waals surface area contributed by atoms with E-state index in [4.69, 9.17) is 4.98 Å². The van der Waals surface area contributed by atoms with Gasteiger partial charge in [0.25, 0.3) is 0 Å². The molecule has 1 saturated heterocycles. The van der Waals surface area contributed by atoms with Crippen LogP contribution in [0.4, 0.5) is 22.0 Å². The Morgan fingerprint density at radius 1 is 1.30 bits per heavy atom. The first-order valence-electron chi connectivity index (χ1n) is 8.97. The van der Waals surface area contributed by atoms with Gasteiger partial charge in [0.05, 0.1) is 35.5 Å². The maximum atomic E-state index is 13.1. The summed E-state index contributed by atoms with van der Waals surface area (Å²) < 4.78 is 0. The van der Waals surface area contributed by atoms with E-state index in [2.05, 4.69) is 31.5 Å². The number of nitrogens with one attached hydrogen (secondary N) is 2. The minimum absolute atomic E-state index is 0.113. The van der Waals surface area contributed by atoms with Gasteiger partial charge in [0.1, 0.15) is 0 Å². The third-order valence-corrected chi connectivity index (χ3v) is 5.19. The second kappa shape index (κ2) is 6.08. The van der Waals surface area contributed by atoms with Crippen LogP contribution in [0.1, 0.15) is 12.1 Å². The Labute approximate surface area is 156 Å². The van der Waals surface area contributed by atoms with Crippen molar-refractivity contribution in [1.82, 2.24) is 20.2 Å². The maximum Gasteiger partial charge on any atom is 0.327 e. The van der Waals surface area contributed by atoms with Gasteiger partial charge in [-0.1, -0.05) is 0 Å². The first-order valence-corrected chi connectivity index (χ1v) is 8.97. The number of aromatic amines is 1. The molecule has 1 fully saturated rings. The summed E-state index contributed by atoms with van der Waals surface area (Å²) in [6, 6.07) is 7.61. The minimum atomic E-state index is -0.177. The molecule has 2 amide bonds. The lowest BCUT2D eigenvalue weighted by Crippen LogP contribution is -2.48. The largest absolute Gasteiger partial charge is 0.366 e. The van der Waals surface area contributed by atoms with E-state index in [-0.39, 0.29) is 12.1 Å². The van der Waals surface area contributed by atoms with E-state index in [0.29, 0.717) is 11.5 Å². The number of aromatic nitrogens is 4. The molecule has 0 spiro atoms. The molecule has 0 aliphatic carbocycles. The van der Waals surface area contributed by atoms with Crippen LogP contribution in [0, 0.1) is 6.92 Å². The van der Waals surface area contributed by atoms with Crippen LogP contribution in [0.25, 0.3) is 11.3 Å². The molecular formula is C19H19N7O. The molecule has 8 nitrogen and oxygen atoms in total. The number of pyridine rings is 2. The van der Waals surface area contributed by atoms with Gasteiger partial charge in [-0.25, -0.2) is 9.78 Å². The topological polar surface area (TPSA) is 90.0 Å². The highest BCUT2D eigenvalue weighted by molar-refractivity contribution is 6.04. The normalized spacial score (nSPS) is 17.7. The number of hydrogen-bond acceptors (Lipinski definition) is 5. The number of anilines is 3.